The van der Waals surface area contributed by atoms with Crippen molar-refractivity contribution in [2.45, 2.75) is 19.5 Å². The molecule has 2 nitrogen and oxygen atoms in total. The highest BCUT2D eigenvalue weighted by atomic mass is 79.9. The summed E-state index contributed by atoms with van der Waals surface area (Å²) in [5.41, 5.74) is 2.39. The quantitative estimate of drug-likeness (QED) is 0.819. The summed E-state index contributed by atoms with van der Waals surface area (Å²) in [6.45, 7) is 2.91. The minimum atomic E-state index is 0.243. The predicted molar refractivity (Wildman–Crippen MR) is 87.4 cm³/mol. The van der Waals surface area contributed by atoms with Gasteiger partial charge < -0.3 is 10.1 Å². The second-order valence-corrected chi connectivity index (χ2v) is 5.91. The van der Waals surface area contributed by atoms with Crippen LogP contribution in [-0.2, 0) is 6.54 Å². The normalized spacial score (nSPS) is 12.2. The number of rotatable bonds is 5. The van der Waals surface area contributed by atoms with Crippen molar-refractivity contribution in [1.82, 2.24) is 5.32 Å². The molecule has 4 heteroatoms. The van der Waals surface area contributed by atoms with E-state index in [-0.39, 0.29) is 6.04 Å². The van der Waals surface area contributed by atoms with Crippen LogP contribution in [0.1, 0.15) is 24.1 Å². The first-order chi connectivity index (χ1) is 9.60. The molecule has 0 saturated carbocycles. The average molecular weight is 355 g/mol. The molecular weight excluding hydrogens is 338 g/mol. The van der Waals surface area contributed by atoms with Gasteiger partial charge in [-0.15, -0.1) is 0 Å². The molecular formula is C16H17BrClNO. The molecule has 2 aromatic carbocycles. The maximum atomic E-state index is 5.94. The number of nitrogens with one attached hydrogen (secondary N) is 1. The number of hydrogen-bond donors (Lipinski definition) is 1. The molecule has 106 valence electrons. The van der Waals surface area contributed by atoms with Gasteiger partial charge in [0.25, 0.3) is 0 Å². The molecule has 0 fully saturated rings. The molecule has 2 aromatic rings. The zero-order valence-electron chi connectivity index (χ0n) is 11.5. The van der Waals surface area contributed by atoms with Crippen LogP contribution in [0.2, 0.25) is 5.02 Å². The summed E-state index contributed by atoms with van der Waals surface area (Å²) in [5.74, 6) is 0.879. The monoisotopic (exact) mass is 353 g/mol. The Morgan fingerprint density at radius 1 is 1.25 bits per heavy atom. The standard InChI is InChI=1S/C16H17BrClNO/c1-11(12-4-3-5-15(8-12)20-2)19-10-13-6-7-14(18)9-16(13)17/h3-9,11,19H,10H2,1-2H3/t11-/m1/s1. The molecule has 0 unspecified atom stereocenters. The van der Waals surface area contributed by atoms with Crippen molar-refractivity contribution in [3.63, 3.8) is 0 Å². The fourth-order valence-corrected chi connectivity index (χ4v) is 2.78. The van der Waals surface area contributed by atoms with Crippen molar-refractivity contribution in [3.8, 4) is 5.75 Å². The van der Waals surface area contributed by atoms with E-state index in [0.29, 0.717) is 0 Å². The highest BCUT2D eigenvalue weighted by Gasteiger charge is 2.07. The van der Waals surface area contributed by atoms with E-state index in [1.54, 1.807) is 7.11 Å². The topological polar surface area (TPSA) is 21.3 Å². The van der Waals surface area contributed by atoms with Gasteiger partial charge in [0, 0.05) is 22.1 Å². The molecule has 0 radical (unpaired) electrons. The molecule has 0 saturated heterocycles. The van der Waals surface area contributed by atoms with Crippen molar-refractivity contribution in [1.29, 1.82) is 0 Å². The molecule has 0 aliphatic rings. The lowest BCUT2D eigenvalue weighted by molar-refractivity contribution is 0.413. The van der Waals surface area contributed by atoms with Crippen LogP contribution in [0.25, 0.3) is 0 Å². The summed E-state index contributed by atoms with van der Waals surface area (Å²) < 4.78 is 6.27. The van der Waals surface area contributed by atoms with E-state index < -0.39 is 0 Å². The Morgan fingerprint density at radius 3 is 2.75 bits per heavy atom. The summed E-state index contributed by atoms with van der Waals surface area (Å²) in [5, 5.41) is 4.24. The van der Waals surface area contributed by atoms with Crippen LogP contribution in [0, 0.1) is 0 Å². The molecule has 0 aliphatic heterocycles. The van der Waals surface area contributed by atoms with E-state index in [1.165, 1.54) is 11.1 Å². The molecule has 2 rings (SSSR count). The van der Waals surface area contributed by atoms with Crippen LogP contribution >= 0.6 is 27.5 Å². The third-order valence-corrected chi connectivity index (χ3v) is 4.18. The van der Waals surface area contributed by atoms with Gasteiger partial charge in [0.05, 0.1) is 7.11 Å². The van der Waals surface area contributed by atoms with Gasteiger partial charge in [0.15, 0.2) is 0 Å². The first-order valence-corrected chi connectivity index (χ1v) is 7.58. The van der Waals surface area contributed by atoms with Gasteiger partial charge in [-0.1, -0.05) is 45.7 Å². The Bertz CT molecular complexity index is 588. The third kappa shape index (κ3) is 3.98. The first kappa shape index (κ1) is 15.4. The van der Waals surface area contributed by atoms with E-state index in [0.717, 1.165) is 21.8 Å². The molecule has 20 heavy (non-hydrogen) atoms. The first-order valence-electron chi connectivity index (χ1n) is 6.41. The highest BCUT2D eigenvalue weighted by Crippen LogP contribution is 2.23. The van der Waals surface area contributed by atoms with Gasteiger partial charge in [-0.25, -0.2) is 0 Å². The lowest BCUT2D eigenvalue weighted by atomic mass is 10.1. The van der Waals surface area contributed by atoms with Gasteiger partial charge in [-0.05, 0) is 42.3 Å². The lowest BCUT2D eigenvalue weighted by Gasteiger charge is -2.16. The van der Waals surface area contributed by atoms with Crippen molar-refractivity contribution in [2.24, 2.45) is 0 Å². The second-order valence-electron chi connectivity index (χ2n) is 4.61. The zero-order valence-corrected chi connectivity index (χ0v) is 13.8. The maximum absolute atomic E-state index is 5.94. The summed E-state index contributed by atoms with van der Waals surface area (Å²) >= 11 is 9.48. The van der Waals surface area contributed by atoms with Crippen LogP contribution < -0.4 is 10.1 Å². The van der Waals surface area contributed by atoms with Gasteiger partial charge in [0.1, 0.15) is 5.75 Å². The Morgan fingerprint density at radius 2 is 2.05 bits per heavy atom. The van der Waals surface area contributed by atoms with E-state index in [2.05, 4.69) is 40.3 Å². The summed E-state index contributed by atoms with van der Waals surface area (Å²) in [6, 6.07) is 14.2. The van der Waals surface area contributed by atoms with Gasteiger partial charge >= 0.3 is 0 Å². The Labute approximate surface area is 133 Å². The Hall–Kier alpha value is -1.03. The molecule has 1 atom stereocenters. The number of hydrogen-bond acceptors (Lipinski definition) is 2. The largest absolute Gasteiger partial charge is 0.497 e. The van der Waals surface area contributed by atoms with Crippen molar-refractivity contribution >= 4 is 27.5 Å². The zero-order chi connectivity index (χ0) is 14.5. The lowest BCUT2D eigenvalue weighted by Crippen LogP contribution is -2.18. The van der Waals surface area contributed by atoms with Crippen LogP contribution in [0.3, 0.4) is 0 Å². The predicted octanol–water partition coefficient (Wildman–Crippen LogP) is 4.96. The van der Waals surface area contributed by atoms with Crippen molar-refractivity contribution < 1.29 is 4.74 Å². The number of benzene rings is 2. The minimum absolute atomic E-state index is 0.243. The van der Waals surface area contributed by atoms with E-state index >= 15 is 0 Å². The summed E-state index contributed by atoms with van der Waals surface area (Å²) in [7, 11) is 1.68. The molecule has 0 bridgehead atoms. The minimum Gasteiger partial charge on any atom is -0.497 e. The van der Waals surface area contributed by atoms with Crippen LogP contribution in [0.15, 0.2) is 46.9 Å². The number of ether oxygens (including phenoxy) is 1. The van der Waals surface area contributed by atoms with Gasteiger partial charge in [-0.2, -0.15) is 0 Å². The van der Waals surface area contributed by atoms with E-state index in [4.69, 9.17) is 16.3 Å². The van der Waals surface area contributed by atoms with Gasteiger partial charge in [0.2, 0.25) is 0 Å². The molecule has 0 heterocycles. The molecule has 0 spiro atoms. The molecule has 0 aliphatic carbocycles. The number of halogens is 2. The summed E-state index contributed by atoms with van der Waals surface area (Å²) in [4.78, 5) is 0. The van der Waals surface area contributed by atoms with Crippen LogP contribution in [0.4, 0.5) is 0 Å². The second kappa shape index (κ2) is 7.11. The van der Waals surface area contributed by atoms with Crippen LogP contribution in [-0.4, -0.2) is 7.11 Å². The third-order valence-electron chi connectivity index (χ3n) is 3.21. The van der Waals surface area contributed by atoms with Crippen molar-refractivity contribution in [2.75, 3.05) is 7.11 Å². The SMILES string of the molecule is COc1cccc([C@@H](C)NCc2ccc(Cl)cc2Br)c1. The van der Waals surface area contributed by atoms with Gasteiger partial charge in [-0.3, -0.25) is 0 Å². The van der Waals surface area contributed by atoms with E-state index in [1.807, 2.05) is 30.3 Å². The maximum Gasteiger partial charge on any atom is 0.119 e. The van der Waals surface area contributed by atoms with E-state index in [9.17, 15) is 0 Å². The molecule has 0 aromatic heterocycles. The molecule has 1 N–H and O–H groups in total. The Balaban J connectivity index is 2.02. The number of methoxy groups -OCH3 is 1. The smallest absolute Gasteiger partial charge is 0.119 e. The highest BCUT2D eigenvalue weighted by molar-refractivity contribution is 9.10. The average Bonchev–Trinajstić information content (AvgIpc) is 2.46. The van der Waals surface area contributed by atoms with Crippen molar-refractivity contribution in [3.05, 3.63) is 63.1 Å². The fourth-order valence-electron chi connectivity index (χ4n) is 1.96. The summed E-state index contributed by atoms with van der Waals surface area (Å²) in [6.07, 6.45) is 0. The van der Waals surface area contributed by atoms with Crippen LogP contribution in [0.5, 0.6) is 5.75 Å². The fraction of sp³-hybridized carbons (Fsp3) is 0.250. The molecule has 0 amide bonds. The Kier molecular flexibility index (Phi) is 5.46.